The van der Waals surface area contributed by atoms with E-state index in [0.717, 1.165) is 16.3 Å². The molecule has 0 atom stereocenters. The number of nitrogens with one attached hydrogen (secondary N) is 1. The molecule has 0 amide bonds. The molecule has 8 nitrogen and oxygen atoms in total. The largest absolute Gasteiger partial charge is 0.340 e. The van der Waals surface area contributed by atoms with Gasteiger partial charge in [0, 0.05) is 35.5 Å². The second-order valence-corrected chi connectivity index (χ2v) is 6.69. The average molecular weight is 412 g/mol. The fourth-order valence-electron chi connectivity index (χ4n) is 3.17. The van der Waals surface area contributed by atoms with E-state index in [0.29, 0.717) is 17.2 Å². The normalized spacial score (nSPS) is 11.3. The molecule has 0 saturated carbocycles. The third-order valence-electron chi connectivity index (χ3n) is 4.69. The minimum Gasteiger partial charge on any atom is -0.340 e. The molecule has 0 saturated heterocycles. The van der Waals surface area contributed by atoms with Crippen LogP contribution < -0.4 is 5.32 Å². The number of hydrogen-bond donors (Lipinski definition) is 1. The van der Waals surface area contributed by atoms with Crippen LogP contribution in [0.2, 0.25) is 0 Å². The predicted molar refractivity (Wildman–Crippen MR) is 120 cm³/mol. The van der Waals surface area contributed by atoms with Gasteiger partial charge in [0.2, 0.25) is 0 Å². The number of nitro groups is 2. The van der Waals surface area contributed by atoms with Gasteiger partial charge in [-0.25, -0.2) is 4.99 Å². The van der Waals surface area contributed by atoms with Crippen LogP contribution in [-0.4, -0.2) is 15.7 Å². The molecule has 0 aliphatic rings. The van der Waals surface area contributed by atoms with E-state index in [1.807, 2.05) is 42.5 Å². The highest BCUT2D eigenvalue weighted by Crippen LogP contribution is 2.25. The molecule has 4 rings (SSSR count). The van der Waals surface area contributed by atoms with E-state index < -0.39 is 9.85 Å². The summed E-state index contributed by atoms with van der Waals surface area (Å²) in [7, 11) is 0. The summed E-state index contributed by atoms with van der Waals surface area (Å²) in [4.78, 5) is 25.6. The van der Waals surface area contributed by atoms with Gasteiger partial charge in [-0.15, -0.1) is 0 Å². The summed E-state index contributed by atoms with van der Waals surface area (Å²) in [6, 6.07) is 25.6. The monoisotopic (exact) mass is 412 g/mol. The van der Waals surface area contributed by atoms with Crippen LogP contribution in [0.5, 0.6) is 0 Å². The highest BCUT2D eigenvalue weighted by molar-refractivity contribution is 6.16. The molecule has 0 aliphatic carbocycles. The van der Waals surface area contributed by atoms with Crippen LogP contribution in [0, 0.1) is 20.2 Å². The van der Waals surface area contributed by atoms with Gasteiger partial charge in [-0.1, -0.05) is 42.5 Å². The molecule has 0 fully saturated rings. The molecule has 152 valence electrons. The van der Waals surface area contributed by atoms with E-state index in [1.54, 1.807) is 24.3 Å². The number of nitrogens with zero attached hydrogens (tertiary/aromatic N) is 3. The number of hydrogen-bond acceptors (Lipinski definition) is 5. The summed E-state index contributed by atoms with van der Waals surface area (Å²) in [6.45, 7) is 0. The number of amidine groups is 1. The van der Waals surface area contributed by atoms with E-state index in [2.05, 4.69) is 10.3 Å². The van der Waals surface area contributed by atoms with Gasteiger partial charge in [0.1, 0.15) is 5.84 Å². The van der Waals surface area contributed by atoms with Crippen molar-refractivity contribution in [1.29, 1.82) is 0 Å². The van der Waals surface area contributed by atoms with Crippen molar-refractivity contribution in [2.75, 3.05) is 5.32 Å². The summed E-state index contributed by atoms with van der Waals surface area (Å²) in [5.74, 6) is 0.513. The van der Waals surface area contributed by atoms with Crippen molar-refractivity contribution >= 4 is 39.4 Å². The fraction of sp³-hybridized carbons (Fsp3) is 0. The van der Waals surface area contributed by atoms with E-state index in [9.17, 15) is 20.2 Å². The number of anilines is 1. The van der Waals surface area contributed by atoms with E-state index >= 15 is 0 Å². The molecule has 31 heavy (non-hydrogen) atoms. The maximum atomic E-state index is 10.9. The lowest BCUT2D eigenvalue weighted by Crippen LogP contribution is -2.14. The van der Waals surface area contributed by atoms with Gasteiger partial charge in [0.15, 0.2) is 0 Å². The molecule has 0 unspecified atom stereocenters. The molecule has 0 heterocycles. The van der Waals surface area contributed by atoms with Crippen LogP contribution >= 0.6 is 0 Å². The Morgan fingerprint density at radius 1 is 0.710 bits per heavy atom. The molecule has 4 aromatic rings. The number of fused-ring (bicyclic) bond motifs is 1. The zero-order chi connectivity index (χ0) is 21.8. The Kier molecular flexibility index (Phi) is 5.35. The van der Waals surface area contributed by atoms with Gasteiger partial charge in [-0.05, 0) is 35.0 Å². The van der Waals surface area contributed by atoms with E-state index in [-0.39, 0.29) is 11.4 Å². The Morgan fingerprint density at radius 3 is 1.94 bits per heavy atom. The maximum Gasteiger partial charge on any atom is 0.269 e. The third kappa shape index (κ3) is 4.38. The summed E-state index contributed by atoms with van der Waals surface area (Å²) in [5, 5.41) is 27.1. The van der Waals surface area contributed by atoms with Gasteiger partial charge in [0.25, 0.3) is 11.4 Å². The molecule has 4 aromatic carbocycles. The van der Waals surface area contributed by atoms with Crippen LogP contribution in [0.4, 0.5) is 22.7 Å². The molecule has 0 bridgehead atoms. The first-order chi connectivity index (χ1) is 15.0. The van der Waals surface area contributed by atoms with Gasteiger partial charge in [-0.2, -0.15) is 0 Å². The number of benzene rings is 4. The van der Waals surface area contributed by atoms with Gasteiger partial charge < -0.3 is 5.32 Å². The quantitative estimate of drug-likeness (QED) is 0.191. The molecular weight excluding hydrogens is 396 g/mol. The van der Waals surface area contributed by atoms with Gasteiger partial charge in [0.05, 0.1) is 15.5 Å². The minimum absolute atomic E-state index is 0.00966. The maximum absolute atomic E-state index is 10.9. The van der Waals surface area contributed by atoms with Crippen molar-refractivity contribution in [2.45, 2.75) is 0 Å². The van der Waals surface area contributed by atoms with E-state index in [4.69, 9.17) is 0 Å². The summed E-state index contributed by atoms with van der Waals surface area (Å²) in [6.07, 6.45) is 0. The van der Waals surface area contributed by atoms with Crippen LogP contribution in [0.25, 0.3) is 10.8 Å². The van der Waals surface area contributed by atoms with Crippen molar-refractivity contribution in [1.82, 2.24) is 0 Å². The van der Waals surface area contributed by atoms with Crippen molar-refractivity contribution < 1.29 is 9.85 Å². The zero-order valence-electron chi connectivity index (χ0n) is 16.1. The smallest absolute Gasteiger partial charge is 0.269 e. The predicted octanol–water partition coefficient (Wildman–Crippen LogP) is 5.85. The third-order valence-corrected chi connectivity index (χ3v) is 4.69. The Hall–Kier alpha value is -4.59. The summed E-state index contributed by atoms with van der Waals surface area (Å²) in [5.41, 5.74) is 1.95. The SMILES string of the molecule is O=[N+]([O-])c1ccc(N=C(Nc2ccc([N+](=O)[O-])cc2)c2cccc3ccccc23)cc1. The molecule has 1 N–H and O–H groups in total. The van der Waals surface area contributed by atoms with Crippen LogP contribution in [0.1, 0.15) is 5.56 Å². The fourth-order valence-corrected chi connectivity index (χ4v) is 3.17. The molecular formula is C23H16N4O4. The Morgan fingerprint density at radius 2 is 1.29 bits per heavy atom. The number of aliphatic imine (C=N–C) groups is 1. The Labute approximate surface area is 176 Å². The lowest BCUT2D eigenvalue weighted by Gasteiger charge is -2.13. The van der Waals surface area contributed by atoms with Gasteiger partial charge in [-0.3, -0.25) is 20.2 Å². The summed E-state index contributed by atoms with van der Waals surface area (Å²) >= 11 is 0. The molecule has 8 heteroatoms. The molecule has 0 aliphatic heterocycles. The number of non-ortho nitro benzene ring substituents is 2. The first kappa shape index (κ1) is 19.7. The standard InChI is InChI=1S/C23H16N4O4/c28-26(29)19-12-8-17(9-13-19)24-23(25-18-10-14-20(15-11-18)27(30)31)22-7-3-5-16-4-1-2-6-21(16)22/h1-15H,(H,24,25). The topological polar surface area (TPSA) is 111 Å². The molecule has 0 aromatic heterocycles. The molecule has 0 spiro atoms. The van der Waals surface area contributed by atoms with Crippen molar-refractivity contribution in [3.63, 3.8) is 0 Å². The number of nitro benzene ring substituents is 2. The van der Waals surface area contributed by atoms with Crippen molar-refractivity contribution in [2.24, 2.45) is 4.99 Å². The van der Waals surface area contributed by atoms with Crippen molar-refractivity contribution in [3.8, 4) is 0 Å². The lowest BCUT2D eigenvalue weighted by molar-refractivity contribution is -0.385. The Bertz CT molecular complexity index is 1290. The average Bonchev–Trinajstić information content (AvgIpc) is 2.79. The Balaban J connectivity index is 1.79. The van der Waals surface area contributed by atoms with Crippen LogP contribution in [0.3, 0.4) is 0 Å². The summed E-state index contributed by atoms with van der Waals surface area (Å²) < 4.78 is 0. The molecule has 0 radical (unpaired) electrons. The van der Waals surface area contributed by atoms with Crippen LogP contribution in [-0.2, 0) is 0 Å². The highest BCUT2D eigenvalue weighted by Gasteiger charge is 2.11. The second-order valence-electron chi connectivity index (χ2n) is 6.69. The first-order valence-corrected chi connectivity index (χ1v) is 9.34. The van der Waals surface area contributed by atoms with Crippen molar-refractivity contribution in [3.05, 3.63) is 117 Å². The zero-order valence-corrected chi connectivity index (χ0v) is 16.1. The van der Waals surface area contributed by atoms with Gasteiger partial charge >= 0.3 is 0 Å². The minimum atomic E-state index is -0.464. The van der Waals surface area contributed by atoms with E-state index in [1.165, 1.54) is 24.3 Å². The van der Waals surface area contributed by atoms with Crippen LogP contribution in [0.15, 0.2) is 96.0 Å². The lowest BCUT2D eigenvalue weighted by atomic mass is 10.0. The number of rotatable bonds is 5. The second kappa shape index (κ2) is 8.42. The first-order valence-electron chi connectivity index (χ1n) is 9.34. The highest BCUT2D eigenvalue weighted by atomic mass is 16.6.